The van der Waals surface area contributed by atoms with Gasteiger partial charge in [0, 0.05) is 33.4 Å². The van der Waals surface area contributed by atoms with E-state index in [2.05, 4.69) is 35.2 Å². The van der Waals surface area contributed by atoms with Crippen LogP contribution in [0.4, 0.5) is 5.69 Å². The second kappa shape index (κ2) is 15.2. The standard InChI is InChI=1S/C49H31N7/c1-50-41-28-26-33(27-29-41)38-30-39(32-40(31-38)48-53-44(34-16-6-2-7-17-34)51-45(54-48)35-18-8-3-9-19-35)42-24-14-15-25-43(42)49-55-46(36-20-10-4-11-21-36)52-47(56-49)37-22-12-5-13-23-37/h2-32H. The van der Waals surface area contributed by atoms with Gasteiger partial charge in [0.15, 0.2) is 40.6 Å². The van der Waals surface area contributed by atoms with Crippen LogP contribution in [0, 0.1) is 6.57 Å². The molecule has 7 aromatic carbocycles. The zero-order valence-corrected chi connectivity index (χ0v) is 30.0. The summed E-state index contributed by atoms with van der Waals surface area (Å²) >= 11 is 0. The topological polar surface area (TPSA) is 81.7 Å². The van der Waals surface area contributed by atoms with Crippen molar-refractivity contribution in [1.29, 1.82) is 0 Å². The van der Waals surface area contributed by atoms with Gasteiger partial charge in [-0.15, -0.1) is 0 Å². The first-order chi connectivity index (χ1) is 27.7. The predicted octanol–water partition coefficient (Wildman–Crippen LogP) is 11.9. The Labute approximate surface area is 324 Å². The van der Waals surface area contributed by atoms with Crippen LogP contribution in [0.3, 0.4) is 0 Å². The molecule has 0 spiro atoms. The van der Waals surface area contributed by atoms with Crippen molar-refractivity contribution in [1.82, 2.24) is 29.9 Å². The average Bonchev–Trinajstić information content (AvgIpc) is 3.29. The molecule has 0 aliphatic carbocycles. The fourth-order valence-electron chi connectivity index (χ4n) is 6.60. The first-order valence-corrected chi connectivity index (χ1v) is 18.2. The maximum Gasteiger partial charge on any atom is 0.187 e. The molecule has 7 nitrogen and oxygen atoms in total. The van der Waals surface area contributed by atoms with Gasteiger partial charge in [-0.1, -0.05) is 170 Å². The minimum absolute atomic E-state index is 0.536. The van der Waals surface area contributed by atoms with Crippen molar-refractivity contribution in [3.8, 4) is 90.6 Å². The van der Waals surface area contributed by atoms with Crippen molar-refractivity contribution in [2.24, 2.45) is 0 Å². The summed E-state index contributed by atoms with van der Waals surface area (Å²) in [4.78, 5) is 33.8. The highest BCUT2D eigenvalue weighted by Crippen LogP contribution is 2.38. The van der Waals surface area contributed by atoms with E-state index in [4.69, 9.17) is 36.5 Å². The summed E-state index contributed by atoms with van der Waals surface area (Å²) in [6, 6.07) is 62.1. The van der Waals surface area contributed by atoms with Gasteiger partial charge < -0.3 is 0 Å². The molecule has 56 heavy (non-hydrogen) atoms. The van der Waals surface area contributed by atoms with E-state index in [1.807, 2.05) is 158 Å². The quantitative estimate of drug-likeness (QED) is 0.146. The van der Waals surface area contributed by atoms with E-state index in [1.54, 1.807) is 0 Å². The monoisotopic (exact) mass is 717 g/mol. The van der Waals surface area contributed by atoms with Gasteiger partial charge in [-0.3, -0.25) is 0 Å². The number of hydrogen-bond acceptors (Lipinski definition) is 6. The molecular formula is C49H31N7. The van der Waals surface area contributed by atoms with Crippen molar-refractivity contribution < 1.29 is 0 Å². The van der Waals surface area contributed by atoms with E-state index in [9.17, 15) is 0 Å². The van der Waals surface area contributed by atoms with Crippen LogP contribution in [-0.4, -0.2) is 29.9 Å². The van der Waals surface area contributed by atoms with Crippen LogP contribution in [0.15, 0.2) is 188 Å². The van der Waals surface area contributed by atoms with E-state index in [-0.39, 0.29) is 0 Å². The fraction of sp³-hybridized carbons (Fsp3) is 0. The van der Waals surface area contributed by atoms with Crippen LogP contribution in [-0.2, 0) is 0 Å². The minimum Gasteiger partial charge on any atom is -0.238 e. The summed E-state index contributed by atoms with van der Waals surface area (Å²) in [5, 5.41) is 0. The van der Waals surface area contributed by atoms with Gasteiger partial charge in [0.1, 0.15) is 0 Å². The number of benzene rings is 7. The third-order valence-corrected chi connectivity index (χ3v) is 9.40. The summed E-state index contributed by atoms with van der Waals surface area (Å²) in [5.74, 6) is 3.43. The summed E-state index contributed by atoms with van der Waals surface area (Å²) in [5.41, 5.74) is 9.57. The van der Waals surface area contributed by atoms with Crippen molar-refractivity contribution >= 4 is 5.69 Å². The van der Waals surface area contributed by atoms with E-state index < -0.39 is 0 Å². The van der Waals surface area contributed by atoms with Crippen molar-refractivity contribution in [3.05, 3.63) is 199 Å². The van der Waals surface area contributed by atoms with E-state index in [1.165, 1.54) is 0 Å². The van der Waals surface area contributed by atoms with E-state index in [0.29, 0.717) is 40.6 Å². The maximum atomic E-state index is 7.53. The molecule has 7 heteroatoms. The van der Waals surface area contributed by atoms with Gasteiger partial charge in [-0.25, -0.2) is 34.7 Å². The molecule has 0 saturated heterocycles. The van der Waals surface area contributed by atoms with Crippen LogP contribution in [0.5, 0.6) is 0 Å². The molecule has 0 fully saturated rings. The lowest BCUT2D eigenvalue weighted by Gasteiger charge is -2.15. The molecule has 0 bridgehead atoms. The largest absolute Gasteiger partial charge is 0.238 e. The number of rotatable bonds is 8. The Hall–Kier alpha value is -7.95. The Balaban J connectivity index is 1.26. The lowest BCUT2D eigenvalue weighted by atomic mass is 9.93. The molecule has 0 N–H and O–H groups in total. The second-order valence-electron chi connectivity index (χ2n) is 13.1. The van der Waals surface area contributed by atoms with E-state index in [0.717, 1.165) is 55.6 Å². The van der Waals surface area contributed by atoms with Gasteiger partial charge in [-0.05, 0) is 40.5 Å². The van der Waals surface area contributed by atoms with Crippen LogP contribution in [0.2, 0.25) is 0 Å². The smallest absolute Gasteiger partial charge is 0.187 e. The molecule has 0 amide bonds. The minimum atomic E-state index is 0.536. The molecule has 2 heterocycles. The number of hydrogen-bond donors (Lipinski definition) is 0. The SMILES string of the molecule is [C-]#[N+]c1ccc(-c2cc(-c3nc(-c4ccccc4)nc(-c4ccccc4)n3)cc(-c3ccccc3-c3nc(-c4ccccc4)nc(-c4ccccc4)n3)c2)cc1. The molecule has 0 radical (unpaired) electrons. The van der Waals surface area contributed by atoms with Crippen molar-refractivity contribution in [2.45, 2.75) is 0 Å². The van der Waals surface area contributed by atoms with Crippen LogP contribution in [0.25, 0.3) is 95.4 Å². The molecule has 2 aromatic heterocycles. The van der Waals surface area contributed by atoms with Crippen LogP contribution in [0.1, 0.15) is 0 Å². The molecule has 0 atom stereocenters. The highest BCUT2D eigenvalue weighted by molar-refractivity contribution is 5.87. The Kier molecular flexibility index (Phi) is 9.18. The number of nitrogens with zero attached hydrogens (tertiary/aromatic N) is 7. The van der Waals surface area contributed by atoms with Gasteiger partial charge in [0.25, 0.3) is 0 Å². The predicted molar refractivity (Wildman–Crippen MR) is 223 cm³/mol. The van der Waals surface area contributed by atoms with Crippen molar-refractivity contribution in [2.75, 3.05) is 0 Å². The Morgan fingerprint density at radius 1 is 0.268 bits per heavy atom. The number of aromatic nitrogens is 6. The molecule has 0 aliphatic rings. The van der Waals surface area contributed by atoms with Gasteiger partial charge in [-0.2, -0.15) is 0 Å². The molecule has 0 unspecified atom stereocenters. The molecule has 9 aromatic rings. The molecule has 262 valence electrons. The molecule has 9 rings (SSSR count). The molecular weight excluding hydrogens is 687 g/mol. The maximum absolute atomic E-state index is 7.53. The van der Waals surface area contributed by atoms with Crippen LogP contribution < -0.4 is 0 Å². The first-order valence-electron chi connectivity index (χ1n) is 18.2. The van der Waals surface area contributed by atoms with Gasteiger partial charge in [0.05, 0.1) is 6.57 Å². The summed E-state index contributed by atoms with van der Waals surface area (Å²) in [7, 11) is 0. The Bertz CT molecular complexity index is 2720. The Morgan fingerprint density at radius 3 is 1.04 bits per heavy atom. The van der Waals surface area contributed by atoms with E-state index >= 15 is 0 Å². The third kappa shape index (κ3) is 7.06. The summed E-state index contributed by atoms with van der Waals surface area (Å²) in [6.45, 7) is 7.53. The molecule has 0 saturated carbocycles. The second-order valence-corrected chi connectivity index (χ2v) is 13.1. The highest BCUT2D eigenvalue weighted by atomic mass is 15.0. The fourth-order valence-corrected chi connectivity index (χ4v) is 6.60. The zero-order valence-electron chi connectivity index (χ0n) is 30.0. The zero-order chi connectivity index (χ0) is 37.7. The van der Waals surface area contributed by atoms with Crippen LogP contribution >= 0.6 is 0 Å². The summed E-state index contributed by atoms with van der Waals surface area (Å²) < 4.78 is 0. The van der Waals surface area contributed by atoms with Gasteiger partial charge in [0.2, 0.25) is 0 Å². The van der Waals surface area contributed by atoms with Crippen molar-refractivity contribution in [3.63, 3.8) is 0 Å². The first kappa shape index (κ1) is 33.9. The average molecular weight is 718 g/mol. The normalized spacial score (nSPS) is 10.8. The lowest BCUT2D eigenvalue weighted by Crippen LogP contribution is -2.02. The lowest BCUT2D eigenvalue weighted by molar-refractivity contribution is 1.07. The highest BCUT2D eigenvalue weighted by Gasteiger charge is 2.19. The summed E-state index contributed by atoms with van der Waals surface area (Å²) in [6.07, 6.45) is 0. The Morgan fingerprint density at radius 2 is 0.607 bits per heavy atom. The van der Waals surface area contributed by atoms with Gasteiger partial charge >= 0.3 is 0 Å². The third-order valence-electron chi connectivity index (χ3n) is 9.40. The molecule has 0 aliphatic heterocycles.